The largest absolute Gasteiger partial charge is 0.379 e. The third kappa shape index (κ3) is 6.69. The molecular formula is C18H29N3O2. The van der Waals surface area contributed by atoms with Crippen LogP contribution in [0.1, 0.15) is 37.7 Å². The standard InChI is InChI=1S/C18H29N3O2/c19-10-6-2-1-3-9-18(22)20-17-8-5-4-7-16(17)15-21-11-13-23-14-12-21/h4-5,7-8H,1-3,6,9-15,19H2,(H,20,22). The van der Waals surface area contributed by atoms with Crippen molar-refractivity contribution >= 4 is 11.6 Å². The number of nitrogens with one attached hydrogen (secondary N) is 1. The lowest BCUT2D eigenvalue weighted by molar-refractivity contribution is -0.116. The fourth-order valence-electron chi connectivity index (χ4n) is 2.78. The molecule has 0 aromatic heterocycles. The number of amides is 1. The molecule has 2 rings (SSSR count). The summed E-state index contributed by atoms with van der Waals surface area (Å²) in [5.74, 6) is 0.104. The van der Waals surface area contributed by atoms with Gasteiger partial charge in [-0.1, -0.05) is 31.0 Å². The first-order chi connectivity index (χ1) is 11.3. The lowest BCUT2D eigenvalue weighted by atomic mass is 10.1. The molecule has 0 spiro atoms. The molecule has 1 heterocycles. The van der Waals surface area contributed by atoms with Crippen LogP contribution in [-0.2, 0) is 16.1 Å². The maximum atomic E-state index is 12.1. The van der Waals surface area contributed by atoms with Crippen LogP contribution >= 0.6 is 0 Å². The maximum Gasteiger partial charge on any atom is 0.224 e. The zero-order valence-electron chi connectivity index (χ0n) is 13.9. The van der Waals surface area contributed by atoms with Gasteiger partial charge >= 0.3 is 0 Å². The van der Waals surface area contributed by atoms with E-state index in [4.69, 9.17) is 10.5 Å². The SMILES string of the molecule is NCCCCCCC(=O)Nc1ccccc1CN1CCOCC1. The number of carbonyl (C=O) groups excluding carboxylic acids is 1. The van der Waals surface area contributed by atoms with Crippen LogP contribution in [0.4, 0.5) is 5.69 Å². The molecule has 1 aromatic carbocycles. The second-order valence-electron chi connectivity index (χ2n) is 6.05. The van der Waals surface area contributed by atoms with Gasteiger partial charge in [0.2, 0.25) is 5.91 Å². The Morgan fingerprint density at radius 1 is 1.13 bits per heavy atom. The maximum absolute atomic E-state index is 12.1. The van der Waals surface area contributed by atoms with E-state index in [2.05, 4.69) is 16.3 Å². The number of nitrogens with two attached hydrogens (primary N) is 1. The molecule has 0 aliphatic carbocycles. The molecule has 3 N–H and O–H groups in total. The van der Waals surface area contributed by atoms with Gasteiger partial charge in [0, 0.05) is 31.7 Å². The zero-order chi connectivity index (χ0) is 16.3. The van der Waals surface area contributed by atoms with E-state index in [1.54, 1.807) is 0 Å². The first kappa shape index (κ1) is 17.9. The minimum atomic E-state index is 0.104. The molecule has 5 nitrogen and oxygen atoms in total. The van der Waals surface area contributed by atoms with Crippen LogP contribution in [-0.4, -0.2) is 43.7 Å². The lowest BCUT2D eigenvalue weighted by Crippen LogP contribution is -2.35. The number of anilines is 1. The van der Waals surface area contributed by atoms with Gasteiger partial charge in [-0.15, -0.1) is 0 Å². The van der Waals surface area contributed by atoms with Crippen LogP contribution in [0.3, 0.4) is 0 Å². The number of carbonyl (C=O) groups is 1. The highest BCUT2D eigenvalue weighted by Gasteiger charge is 2.13. The Bertz CT molecular complexity index is 473. The summed E-state index contributed by atoms with van der Waals surface area (Å²) in [6.07, 6.45) is 4.73. The van der Waals surface area contributed by atoms with Gasteiger partial charge in [-0.3, -0.25) is 9.69 Å². The van der Waals surface area contributed by atoms with Crippen LogP contribution in [0, 0.1) is 0 Å². The van der Waals surface area contributed by atoms with Gasteiger partial charge < -0.3 is 15.8 Å². The highest BCUT2D eigenvalue weighted by Crippen LogP contribution is 2.18. The molecule has 23 heavy (non-hydrogen) atoms. The first-order valence-corrected chi connectivity index (χ1v) is 8.67. The number of morpholine rings is 1. The summed E-state index contributed by atoms with van der Waals surface area (Å²) < 4.78 is 5.39. The van der Waals surface area contributed by atoms with Crippen molar-refractivity contribution < 1.29 is 9.53 Å². The van der Waals surface area contributed by atoms with Crippen molar-refractivity contribution in [2.75, 3.05) is 38.2 Å². The minimum absolute atomic E-state index is 0.104. The molecule has 0 unspecified atom stereocenters. The summed E-state index contributed by atoms with van der Waals surface area (Å²) in [6.45, 7) is 5.07. The van der Waals surface area contributed by atoms with E-state index in [0.717, 1.165) is 70.8 Å². The Morgan fingerprint density at radius 3 is 2.65 bits per heavy atom. The topological polar surface area (TPSA) is 67.6 Å². The fraction of sp³-hybridized carbons (Fsp3) is 0.611. The van der Waals surface area contributed by atoms with Gasteiger partial charge in [0.25, 0.3) is 0 Å². The van der Waals surface area contributed by atoms with Crippen LogP contribution < -0.4 is 11.1 Å². The van der Waals surface area contributed by atoms with Crippen molar-refractivity contribution in [3.05, 3.63) is 29.8 Å². The van der Waals surface area contributed by atoms with Gasteiger partial charge in [0.15, 0.2) is 0 Å². The quantitative estimate of drug-likeness (QED) is 0.686. The third-order valence-corrected chi connectivity index (χ3v) is 4.15. The summed E-state index contributed by atoms with van der Waals surface area (Å²) in [4.78, 5) is 14.5. The van der Waals surface area contributed by atoms with Crippen LogP contribution in [0.15, 0.2) is 24.3 Å². The molecule has 1 aliphatic heterocycles. The number of unbranched alkanes of at least 4 members (excludes halogenated alkanes) is 3. The number of hydrogen-bond donors (Lipinski definition) is 2. The number of hydrogen-bond acceptors (Lipinski definition) is 4. The molecule has 0 atom stereocenters. The predicted octanol–water partition coefficient (Wildman–Crippen LogP) is 2.37. The van der Waals surface area contributed by atoms with Crippen molar-refractivity contribution in [2.45, 2.75) is 38.6 Å². The van der Waals surface area contributed by atoms with Gasteiger partial charge in [-0.25, -0.2) is 0 Å². The number of nitrogens with zero attached hydrogens (tertiary/aromatic N) is 1. The van der Waals surface area contributed by atoms with E-state index in [1.807, 2.05) is 18.2 Å². The molecule has 0 bridgehead atoms. The highest BCUT2D eigenvalue weighted by atomic mass is 16.5. The molecular weight excluding hydrogens is 290 g/mol. The molecule has 5 heteroatoms. The second-order valence-corrected chi connectivity index (χ2v) is 6.05. The molecule has 1 fully saturated rings. The van der Waals surface area contributed by atoms with Gasteiger partial charge in [0.05, 0.1) is 13.2 Å². The lowest BCUT2D eigenvalue weighted by Gasteiger charge is -2.27. The summed E-state index contributed by atoms with van der Waals surface area (Å²) in [6, 6.07) is 8.08. The van der Waals surface area contributed by atoms with Gasteiger partial charge in [-0.2, -0.15) is 0 Å². The molecule has 1 amide bonds. The van der Waals surface area contributed by atoms with Crippen molar-refractivity contribution in [3.8, 4) is 0 Å². The Morgan fingerprint density at radius 2 is 1.87 bits per heavy atom. The van der Waals surface area contributed by atoms with Crippen molar-refractivity contribution in [1.29, 1.82) is 0 Å². The molecule has 128 valence electrons. The highest BCUT2D eigenvalue weighted by molar-refractivity contribution is 5.91. The Hall–Kier alpha value is -1.43. The van der Waals surface area contributed by atoms with E-state index < -0.39 is 0 Å². The molecule has 1 aliphatic rings. The van der Waals surface area contributed by atoms with E-state index in [0.29, 0.717) is 6.42 Å². The monoisotopic (exact) mass is 319 g/mol. The second kappa shape index (κ2) is 10.4. The van der Waals surface area contributed by atoms with Crippen molar-refractivity contribution in [1.82, 2.24) is 4.90 Å². The average Bonchev–Trinajstić information content (AvgIpc) is 2.57. The Balaban J connectivity index is 1.80. The molecule has 1 saturated heterocycles. The van der Waals surface area contributed by atoms with Gasteiger partial charge in [0.1, 0.15) is 0 Å². The Kier molecular flexibility index (Phi) is 8.07. The predicted molar refractivity (Wildman–Crippen MR) is 93.3 cm³/mol. The number of ether oxygens (including phenoxy) is 1. The zero-order valence-corrected chi connectivity index (χ0v) is 13.9. The third-order valence-electron chi connectivity index (χ3n) is 4.15. The average molecular weight is 319 g/mol. The van der Waals surface area contributed by atoms with Gasteiger partial charge in [-0.05, 0) is 31.0 Å². The number of rotatable bonds is 9. The van der Waals surface area contributed by atoms with Crippen LogP contribution in [0.5, 0.6) is 0 Å². The number of para-hydroxylation sites is 1. The van der Waals surface area contributed by atoms with Crippen LogP contribution in [0.25, 0.3) is 0 Å². The number of benzene rings is 1. The smallest absolute Gasteiger partial charge is 0.224 e. The normalized spacial score (nSPS) is 15.5. The van der Waals surface area contributed by atoms with E-state index in [-0.39, 0.29) is 5.91 Å². The van der Waals surface area contributed by atoms with Crippen molar-refractivity contribution in [2.24, 2.45) is 5.73 Å². The molecule has 1 aromatic rings. The summed E-state index contributed by atoms with van der Waals surface area (Å²) >= 11 is 0. The van der Waals surface area contributed by atoms with E-state index in [1.165, 1.54) is 5.56 Å². The molecule has 0 radical (unpaired) electrons. The van der Waals surface area contributed by atoms with Crippen LogP contribution in [0.2, 0.25) is 0 Å². The van der Waals surface area contributed by atoms with E-state index >= 15 is 0 Å². The fourth-order valence-corrected chi connectivity index (χ4v) is 2.78. The summed E-state index contributed by atoms with van der Waals surface area (Å²) in [5.41, 5.74) is 7.58. The molecule has 0 saturated carbocycles. The summed E-state index contributed by atoms with van der Waals surface area (Å²) in [7, 11) is 0. The van der Waals surface area contributed by atoms with E-state index in [9.17, 15) is 4.79 Å². The minimum Gasteiger partial charge on any atom is -0.379 e. The van der Waals surface area contributed by atoms with Crippen molar-refractivity contribution in [3.63, 3.8) is 0 Å². The first-order valence-electron chi connectivity index (χ1n) is 8.67. The Labute approximate surface area is 139 Å². The summed E-state index contributed by atoms with van der Waals surface area (Å²) in [5, 5.41) is 3.07.